The highest BCUT2D eigenvalue weighted by Gasteiger charge is 2.15. The van der Waals surface area contributed by atoms with Gasteiger partial charge in [-0.05, 0) is 39.8 Å². The minimum Gasteiger partial charge on any atom is -0.444 e. The van der Waals surface area contributed by atoms with Crippen molar-refractivity contribution in [2.75, 3.05) is 12.7 Å². The Balaban J connectivity index is 3.41. The quantitative estimate of drug-likeness (QED) is 0.564. The van der Waals surface area contributed by atoms with E-state index in [1.807, 2.05) is 20.8 Å². The highest BCUT2D eigenvalue weighted by atomic mass is 31.0. The van der Waals surface area contributed by atoms with Gasteiger partial charge in [-0.2, -0.15) is 0 Å². The van der Waals surface area contributed by atoms with Gasteiger partial charge in [0.25, 0.3) is 0 Å². The summed E-state index contributed by atoms with van der Waals surface area (Å²) in [7, 11) is 2.66. The fourth-order valence-corrected chi connectivity index (χ4v) is 1.06. The molecule has 13 heavy (non-hydrogen) atoms. The van der Waals surface area contributed by atoms with Gasteiger partial charge in [-0.1, -0.05) is 0 Å². The van der Waals surface area contributed by atoms with Crippen LogP contribution in [0.15, 0.2) is 0 Å². The number of alkyl carbamates (subject to hydrolysis) is 1. The van der Waals surface area contributed by atoms with Gasteiger partial charge in [-0.25, -0.2) is 4.79 Å². The number of carbonyl (C=O) groups excluding carboxylic acids is 1. The van der Waals surface area contributed by atoms with E-state index < -0.39 is 5.60 Å². The largest absolute Gasteiger partial charge is 0.444 e. The van der Waals surface area contributed by atoms with Crippen LogP contribution in [0.25, 0.3) is 0 Å². The lowest BCUT2D eigenvalue weighted by Crippen LogP contribution is -2.33. The summed E-state index contributed by atoms with van der Waals surface area (Å²) in [5.41, 5.74) is -0.398. The smallest absolute Gasteiger partial charge is 0.407 e. The van der Waals surface area contributed by atoms with Crippen molar-refractivity contribution < 1.29 is 9.53 Å². The molecule has 0 aliphatic carbocycles. The van der Waals surface area contributed by atoms with Gasteiger partial charge in [-0.15, -0.1) is 9.24 Å². The van der Waals surface area contributed by atoms with Crippen molar-refractivity contribution >= 4 is 15.3 Å². The summed E-state index contributed by atoms with van der Waals surface area (Å²) in [5, 5.41) is 2.70. The van der Waals surface area contributed by atoms with E-state index in [4.69, 9.17) is 4.74 Å². The van der Waals surface area contributed by atoms with Gasteiger partial charge in [0.15, 0.2) is 0 Å². The monoisotopic (exact) mass is 205 g/mol. The molecule has 1 amide bonds. The Kier molecular flexibility index (Phi) is 6.06. The van der Waals surface area contributed by atoms with E-state index in [0.29, 0.717) is 6.54 Å². The van der Waals surface area contributed by atoms with Gasteiger partial charge in [-0.3, -0.25) is 0 Å². The highest BCUT2D eigenvalue weighted by molar-refractivity contribution is 7.16. The Morgan fingerprint density at radius 3 is 2.46 bits per heavy atom. The first-order valence-corrected chi connectivity index (χ1v) is 5.44. The van der Waals surface area contributed by atoms with E-state index in [1.165, 1.54) is 0 Å². The molecule has 3 nitrogen and oxygen atoms in total. The molecule has 0 aromatic heterocycles. The summed E-state index contributed by atoms with van der Waals surface area (Å²) < 4.78 is 5.06. The third kappa shape index (κ3) is 9.62. The summed E-state index contributed by atoms with van der Waals surface area (Å²) in [6, 6.07) is 0. The van der Waals surface area contributed by atoms with Gasteiger partial charge >= 0.3 is 6.09 Å². The van der Waals surface area contributed by atoms with E-state index in [1.54, 1.807) is 0 Å². The fraction of sp³-hybridized carbons (Fsp3) is 0.889. The molecule has 0 spiro atoms. The maximum absolute atomic E-state index is 11.1. The van der Waals surface area contributed by atoms with Crippen LogP contribution in [0.1, 0.15) is 33.6 Å². The van der Waals surface area contributed by atoms with Crippen LogP contribution in [0.3, 0.4) is 0 Å². The molecule has 4 heteroatoms. The molecule has 0 aromatic carbocycles. The number of nitrogens with one attached hydrogen (secondary N) is 1. The van der Waals surface area contributed by atoms with Crippen LogP contribution in [-0.2, 0) is 4.74 Å². The number of hydrogen-bond acceptors (Lipinski definition) is 2. The molecule has 0 rings (SSSR count). The normalized spacial score (nSPS) is 11.1. The lowest BCUT2D eigenvalue weighted by Gasteiger charge is -2.19. The minimum atomic E-state index is -0.398. The Labute approximate surface area is 82.8 Å². The van der Waals surface area contributed by atoms with E-state index in [-0.39, 0.29) is 6.09 Å². The lowest BCUT2D eigenvalue weighted by molar-refractivity contribution is 0.0527. The molecule has 0 radical (unpaired) electrons. The molecule has 0 aliphatic heterocycles. The van der Waals surface area contributed by atoms with Gasteiger partial charge < -0.3 is 10.1 Å². The maximum atomic E-state index is 11.1. The van der Waals surface area contributed by atoms with Crippen molar-refractivity contribution in [2.45, 2.75) is 39.2 Å². The molecular weight excluding hydrogens is 185 g/mol. The standard InChI is InChI=1S/C9H20NO2P/c1-9(2,3)12-8(11)10-6-4-5-7-13/h4-7,13H2,1-3H3,(H,10,11). The number of amides is 1. The Morgan fingerprint density at radius 2 is 2.00 bits per heavy atom. The van der Waals surface area contributed by atoms with Crippen molar-refractivity contribution in [2.24, 2.45) is 0 Å². The zero-order chi connectivity index (χ0) is 10.3. The predicted octanol–water partition coefficient (Wildman–Crippen LogP) is 2.17. The average Bonchev–Trinajstić information content (AvgIpc) is 1.94. The van der Waals surface area contributed by atoms with Crippen LogP contribution < -0.4 is 5.32 Å². The van der Waals surface area contributed by atoms with E-state index in [2.05, 4.69) is 14.6 Å². The van der Waals surface area contributed by atoms with Crippen LogP contribution in [0.2, 0.25) is 0 Å². The third-order valence-electron chi connectivity index (χ3n) is 1.30. The molecular formula is C9H20NO2P. The molecule has 0 aliphatic rings. The minimum absolute atomic E-state index is 0.323. The van der Waals surface area contributed by atoms with E-state index in [9.17, 15) is 4.79 Å². The van der Waals surface area contributed by atoms with Crippen molar-refractivity contribution in [3.8, 4) is 0 Å². The van der Waals surface area contributed by atoms with Gasteiger partial charge in [0.05, 0.1) is 0 Å². The first-order valence-electron chi connectivity index (χ1n) is 4.62. The number of unbranched alkanes of at least 4 members (excludes halogenated alkanes) is 1. The average molecular weight is 205 g/mol. The van der Waals surface area contributed by atoms with Crippen LogP contribution in [-0.4, -0.2) is 24.4 Å². The molecule has 0 aromatic rings. The highest BCUT2D eigenvalue weighted by Crippen LogP contribution is 2.06. The second-order valence-corrected chi connectivity index (χ2v) is 4.50. The van der Waals surface area contributed by atoms with E-state index >= 15 is 0 Å². The molecule has 0 heterocycles. The molecule has 0 saturated carbocycles. The topological polar surface area (TPSA) is 38.3 Å². The summed E-state index contributed by atoms with van der Waals surface area (Å²) in [4.78, 5) is 11.1. The van der Waals surface area contributed by atoms with Crippen LogP contribution in [0.4, 0.5) is 4.79 Å². The van der Waals surface area contributed by atoms with Gasteiger partial charge in [0.1, 0.15) is 5.60 Å². The van der Waals surface area contributed by atoms with E-state index in [0.717, 1.165) is 19.0 Å². The van der Waals surface area contributed by atoms with Crippen LogP contribution >= 0.6 is 9.24 Å². The second kappa shape index (κ2) is 6.20. The first kappa shape index (κ1) is 12.7. The van der Waals surface area contributed by atoms with Crippen LogP contribution in [0, 0.1) is 0 Å². The molecule has 0 bridgehead atoms. The Morgan fingerprint density at radius 1 is 1.38 bits per heavy atom. The zero-order valence-corrected chi connectivity index (χ0v) is 9.88. The number of carbonyl (C=O) groups is 1. The lowest BCUT2D eigenvalue weighted by atomic mass is 10.2. The third-order valence-corrected chi connectivity index (χ3v) is 1.71. The SMILES string of the molecule is CC(C)(C)OC(=O)NCCCCP. The molecule has 1 atom stereocenters. The van der Waals surface area contributed by atoms with Gasteiger partial charge in [0, 0.05) is 6.54 Å². The first-order chi connectivity index (χ1) is 5.95. The Hall–Kier alpha value is -0.300. The molecule has 1 N–H and O–H groups in total. The summed E-state index contributed by atoms with van der Waals surface area (Å²) in [6.07, 6.45) is 2.87. The summed E-state index contributed by atoms with van der Waals surface area (Å²) in [5.74, 6) is 0. The second-order valence-electron chi connectivity index (χ2n) is 3.92. The number of hydrogen-bond donors (Lipinski definition) is 1. The van der Waals surface area contributed by atoms with Crippen molar-refractivity contribution in [1.82, 2.24) is 5.32 Å². The molecule has 0 saturated heterocycles. The predicted molar refractivity (Wildman–Crippen MR) is 58.0 cm³/mol. The van der Waals surface area contributed by atoms with Crippen molar-refractivity contribution in [1.29, 1.82) is 0 Å². The molecule has 78 valence electrons. The molecule has 0 fully saturated rings. The maximum Gasteiger partial charge on any atom is 0.407 e. The number of ether oxygens (including phenoxy) is 1. The zero-order valence-electron chi connectivity index (χ0n) is 8.72. The van der Waals surface area contributed by atoms with Crippen molar-refractivity contribution in [3.63, 3.8) is 0 Å². The Bertz CT molecular complexity index is 154. The van der Waals surface area contributed by atoms with Crippen molar-refractivity contribution in [3.05, 3.63) is 0 Å². The number of rotatable bonds is 4. The van der Waals surface area contributed by atoms with Crippen LogP contribution in [0.5, 0.6) is 0 Å². The summed E-state index contributed by atoms with van der Waals surface area (Å²) >= 11 is 0. The van der Waals surface area contributed by atoms with Gasteiger partial charge in [0.2, 0.25) is 0 Å². The fourth-order valence-electron chi connectivity index (χ4n) is 0.774. The molecule has 1 unspecified atom stereocenters. The summed E-state index contributed by atoms with van der Waals surface area (Å²) in [6.45, 7) is 6.27.